The van der Waals surface area contributed by atoms with Gasteiger partial charge in [-0.3, -0.25) is 38.6 Å². The molecule has 0 aromatic heterocycles. The number of aliphatic hydroxyl groups excluding tert-OH is 1. The van der Waals surface area contributed by atoms with Crippen molar-refractivity contribution in [3.8, 4) is 11.5 Å². The highest BCUT2D eigenvalue weighted by atomic mass is 16.5. The SMILES string of the molecule is CCN1CCN(C(=O)N[C@@H](C(=O)NCC(O)O)c2ccc(O)cc2)C(=O)C1=O.CCN1CCN(C(=O)N[C@@H](C(=O)NCC=O)c2ccc(O)cc2)C(=O)C1=O. The van der Waals surface area contributed by atoms with E-state index in [0.717, 1.165) is 9.80 Å². The van der Waals surface area contributed by atoms with Crippen LogP contribution in [0.5, 0.6) is 11.5 Å². The van der Waals surface area contributed by atoms with Gasteiger partial charge in [0.2, 0.25) is 11.8 Å². The smallest absolute Gasteiger partial charge is 0.325 e. The number of carbonyl (C=O) groups is 9. The number of hydrogen-bond acceptors (Lipinski definition) is 13. The van der Waals surface area contributed by atoms with E-state index in [1.807, 2.05) is 0 Å². The number of carbonyl (C=O) groups excluding carboxylic acids is 9. The number of nitrogens with zero attached hydrogens (tertiary/aromatic N) is 4. The van der Waals surface area contributed by atoms with E-state index in [0.29, 0.717) is 24.9 Å². The lowest BCUT2D eigenvalue weighted by atomic mass is 10.1. The van der Waals surface area contributed by atoms with Gasteiger partial charge >= 0.3 is 35.7 Å². The molecule has 21 nitrogen and oxygen atoms in total. The van der Waals surface area contributed by atoms with Crippen LogP contribution in [-0.2, 0) is 33.6 Å². The predicted molar refractivity (Wildman–Crippen MR) is 187 cm³/mol. The van der Waals surface area contributed by atoms with Gasteiger partial charge in [-0.1, -0.05) is 24.3 Å². The lowest BCUT2D eigenvalue weighted by molar-refractivity contribution is -0.153. The number of phenols is 2. The Morgan fingerprint density at radius 1 is 0.636 bits per heavy atom. The van der Waals surface area contributed by atoms with Crippen molar-refractivity contribution in [1.29, 1.82) is 0 Å². The fourth-order valence-electron chi connectivity index (χ4n) is 5.22. The zero-order valence-corrected chi connectivity index (χ0v) is 29.8. The molecule has 0 radical (unpaired) electrons. The zero-order valence-electron chi connectivity index (χ0n) is 29.8. The number of imide groups is 2. The topological polar surface area (TPSA) is 296 Å². The van der Waals surface area contributed by atoms with Crippen molar-refractivity contribution >= 4 is 53.8 Å². The zero-order chi connectivity index (χ0) is 40.8. The normalized spacial score (nSPS) is 15.4. The molecule has 0 aliphatic carbocycles. The van der Waals surface area contributed by atoms with Crippen molar-refractivity contribution in [3.63, 3.8) is 0 Å². The molecule has 0 saturated carbocycles. The molecular weight excluding hydrogens is 728 g/mol. The maximum Gasteiger partial charge on any atom is 0.325 e. The third-order valence-corrected chi connectivity index (χ3v) is 8.20. The van der Waals surface area contributed by atoms with E-state index in [9.17, 15) is 53.4 Å². The van der Waals surface area contributed by atoms with Gasteiger partial charge in [0.15, 0.2) is 6.29 Å². The van der Waals surface area contributed by atoms with E-state index in [-0.39, 0.29) is 49.8 Å². The van der Waals surface area contributed by atoms with Crippen LogP contribution in [0.15, 0.2) is 48.5 Å². The minimum Gasteiger partial charge on any atom is -0.508 e. The molecule has 8 N–H and O–H groups in total. The van der Waals surface area contributed by atoms with Gasteiger partial charge in [-0.15, -0.1) is 0 Å². The Labute approximate surface area is 313 Å². The molecule has 4 rings (SSSR count). The Bertz CT molecular complexity index is 1750. The van der Waals surface area contributed by atoms with E-state index >= 15 is 0 Å². The number of aromatic hydroxyl groups is 2. The van der Waals surface area contributed by atoms with Gasteiger partial charge in [0.1, 0.15) is 29.9 Å². The molecule has 2 aliphatic heterocycles. The van der Waals surface area contributed by atoms with Crippen molar-refractivity contribution < 1.29 is 63.6 Å². The molecule has 2 aromatic carbocycles. The summed E-state index contributed by atoms with van der Waals surface area (Å²) < 4.78 is 0. The summed E-state index contributed by atoms with van der Waals surface area (Å²) in [5, 5.41) is 46.0. The third kappa shape index (κ3) is 11.4. The molecule has 2 atom stereocenters. The fourth-order valence-corrected chi connectivity index (χ4v) is 5.22. The highest BCUT2D eigenvalue weighted by Gasteiger charge is 2.38. The number of amides is 10. The number of likely N-dealkylation sites (N-methyl/N-ethyl adjacent to an activating group) is 2. The highest BCUT2D eigenvalue weighted by Crippen LogP contribution is 2.20. The van der Waals surface area contributed by atoms with E-state index < -0.39 is 72.4 Å². The largest absolute Gasteiger partial charge is 0.508 e. The first-order valence-electron chi connectivity index (χ1n) is 16.9. The van der Waals surface area contributed by atoms with Gasteiger partial charge in [0, 0.05) is 39.3 Å². The molecule has 2 fully saturated rings. The number of phenolic OH excluding ortho intramolecular Hbond substituents is 2. The van der Waals surface area contributed by atoms with Crippen molar-refractivity contribution in [2.24, 2.45) is 0 Å². The number of hydrogen-bond donors (Lipinski definition) is 8. The summed E-state index contributed by atoms with van der Waals surface area (Å²) in [5.41, 5.74) is 0.609. The summed E-state index contributed by atoms with van der Waals surface area (Å²) >= 11 is 0. The fraction of sp³-hybridized carbons (Fsp3) is 0.382. The minimum absolute atomic E-state index is 0.00248. The summed E-state index contributed by atoms with van der Waals surface area (Å²) in [4.78, 5) is 113. The Balaban J connectivity index is 0.000000296. The number of urea groups is 2. The van der Waals surface area contributed by atoms with Crippen LogP contribution >= 0.6 is 0 Å². The quantitative estimate of drug-likeness (QED) is 0.0626. The first-order valence-corrected chi connectivity index (χ1v) is 16.9. The summed E-state index contributed by atoms with van der Waals surface area (Å²) in [6.45, 7) is 3.75. The Morgan fingerprint density at radius 3 is 1.36 bits per heavy atom. The summed E-state index contributed by atoms with van der Waals surface area (Å²) in [5.74, 6) is -5.10. The third-order valence-electron chi connectivity index (χ3n) is 8.20. The van der Waals surface area contributed by atoms with Crippen molar-refractivity contribution in [2.75, 3.05) is 52.4 Å². The first kappa shape index (κ1) is 42.8. The lowest BCUT2D eigenvalue weighted by Gasteiger charge is -2.32. The van der Waals surface area contributed by atoms with Gasteiger partial charge in [0.05, 0.1) is 13.1 Å². The molecule has 10 amide bonds. The molecule has 296 valence electrons. The number of rotatable bonds is 12. The van der Waals surface area contributed by atoms with Crippen molar-refractivity contribution in [3.05, 3.63) is 59.7 Å². The standard InChI is InChI=1S/C17H22N4O7.C17H20N4O6/c1-2-20-7-8-21(16(27)15(20)26)17(28)19-13(14(25)18-9-12(23)24)10-3-5-11(22)6-4-10;1-2-20-8-9-21(16(26)15(20)25)17(27)19-13(14(24)18-7-10-22)11-3-5-12(23)6-4-11/h3-6,12-13,22-24H,2,7-9H2,1H3,(H,18,25)(H,19,28);3-6,10,13,23H,2,7-9H2,1H3,(H,18,24)(H,19,27)/t2*13-/m11/s1. The van der Waals surface area contributed by atoms with Crippen molar-refractivity contribution in [2.45, 2.75) is 32.2 Å². The summed E-state index contributed by atoms with van der Waals surface area (Å²) in [6.07, 6.45) is -1.30. The van der Waals surface area contributed by atoms with Gasteiger partial charge < -0.3 is 56.3 Å². The summed E-state index contributed by atoms with van der Waals surface area (Å²) in [6, 6.07) is 6.53. The van der Waals surface area contributed by atoms with Gasteiger partial charge in [-0.25, -0.2) is 9.59 Å². The molecule has 2 heterocycles. The Morgan fingerprint density at radius 2 is 1.02 bits per heavy atom. The van der Waals surface area contributed by atoms with Crippen LogP contribution in [-0.4, -0.2) is 152 Å². The Hall–Kier alpha value is -6.61. The molecule has 2 aromatic rings. The van der Waals surface area contributed by atoms with Crippen LogP contribution in [0.4, 0.5) is 9.59 Å². The number of piperazine rings is 2. The second kappa shape index (κ2) is 20.0. The molecular formula is C34H42N8O13. The second-order valence-corrected chi connectivity index (χ2v) is 11.8. The molecule has 0 spiro atoms. The molecule has 0 unspecified atom stereocenters. The maximum absolute atomic E-state index is 12.5. The number of nitrogens with one attached hydrogen (secondary N) is 4. The molecule has 21 heteroatoms. The van der Waals surface area contributed by atoms with E-state index in [2.05, 4.69) is 21.3 Å². The van der Waals surface area contributed by atoms with E-state index in [4.69, 9.17) is 10.2 Å². The molecule has 0 bridgehead atoms. The van der Waals surface area contributed by atoms with Crippen LogP contribution in [0.3, 0.4) is 0 Å². The number of aldehydes is 1. The maximum atomic E-state index is 12.5. The van der Waals surface area contributed by atoms with Crippen molar-refractivity contribution in [1.82, 2.24) is 40.9 Å². The lowest BCUT2D eigenvalue weighted by Crippen LogP contribution is -2.59. The number of benzene rings is 2. The van der Waals surface area contributed by atoms with Crippen LogP contribution in [0, 0.1) is 0 Å². The monoisotopic (exact) mass is 770 g/mol. The predicted octanol–water partition coefficient (Wildman–Crippen LogP) is -2.59. The van der Waals surface area contributed by atoms with Gasteiger partial charge in [-0.05, 0) is 49.2 Å². The van der Waals surface area contributed by atoms with Crippen LogP contribution in [0.2, 0.25) is 0 Å². The number of aliphatic hydroxyl groups is 2. The highest BCUT2D eigenvalue weighted by molar-refractivity contribution is 6.38. The van der Waals surface area contributed by atoms with Crippen LogP contribution in [0.1, 0.15) is 37.1 Å². The molecule has 2 saturated heterocycles. The van der Waals surface area contributed by atoms with E-state index in [1.54, 1.807) is 13.8 Å². The second-order valence-electron chi connectivity index (χ2n) is 11.8. The average Bonchev–Trinajstić information content (AvgIpc) is 3.17. The summed E-state index contributed by atoms with van der Waals surface area (Å²) in [7, 11) is 0. The van der Waals surface area contributed by atoms with Gasteiger partial charge in [0.25, 0.3) is 0 Å². The minimum atomic E-state index is -1.79. The van der Waals surface area contributed by atoms with E-state index in [1.165, 1.54) is 58.3 Å². The van der Waals surface area contributed by atoms with Crippen LogP contribution < -0.4 is 21.3 Å². The first-order chi connectivity index (χ1) is 26.1. The molecule has 55 heavy (non-hydrogen) atoms. The van der Waals surface area contributed by atoms with Crippen LogP contribution in [0.25, 0.3) is 0 Å². The Kier molecular flexibility index (Phi) is 15.6. The average molecular weight is 771 g/mol. The molecule has 2 aliphatic rings. The van der Waals surface area contributed by atoms with Gasteiger partial charge in [-0.2, -0.15) is 0 Å².